The van der Waals surface area contributed by atoms with Crippen LogP contribution in [0.4, 0.5) is 0 Å². The lowest BCUT2D eigenvalue weighted by Crippen LogP contribution is -2.38. The van der Waals surface area contributed by atoms with Crippen molar-refractivity contribution in [3.8, 4) is 0 Å². The molecule has 92 valence electrons. The zero-order valence-corrected chi connectivity index (χ0v) is 11.2. The number of hydrogen-bond acceptors (Lipinski definition) is 1. The number of alkyl halides is 1. The van der Waals surface area contributed by atoms with Crippen LogP contribution in [0.5, 0.6) is 0 Å². The highest BCUT2D eigenvalue weighted by Crippen LogP contribution is 2.25. The van der Waals surface area contributed by atoms with E-state index in [0.29, 0.717) is 10.6 Å². The Morgan fingerprint density at radius 2 is 2.18 bits per heavy atom. The van der Waals surface area contributed by atoms with Crippen LogP contribution >= 0.6 is 23.2 Å². The molecule has 2 atom stereocenters. The van der Waals surface area contributed by atoms with Crippen LogP contribution in [0, 0.1) is 6.92 Å². The Bertz CT molecular complexity index is 433. The molecule has 0 saturated heterocycles. The van der Waals surface area contributed by atoms with Gasteiger partial charge in [-0.05, 0) is 43.9 Å². The van der Waals surface area contributed by atoms with Gasteiger partial charge in [0, 0.05) is 16.6 Å². The van der Waals surface area contributed by atoms with Gasteiger partial charge in [-0.25, -0.2) is 0 Å². The Hall–Kier alpha value is -0.730. The summed E-state index contributed by atoms with van der Waals surface area (Å²) < 4.78 is 0. The van der Waals surface area contributed by atoms with Crippen molar-refractivity contribution >= 4 is 29.1 Å². The van der Waals surface area contributed by atoms with Crippen molar-refractivity contribution in [2.24, 2.45) is 0 Å². The molecule has 1 aromatic rings. The van der Waals surface area contributed by atoms with Crippen LogP contribution in [-0.4, -0.2) is 17.3 Å². The predicted octanol–water partition coefficient (Wildman–Crippen LogP) is 3.54. The van der Waals surface area contributed by atoms with Crippen LogP contribution in [0.2, 0.25) is 5.02 Å². The second kappa shape index (κ2) is 5.28. The second-order valence-electron chi connectivity index (χ2n) is 4.44. The maximum Gasteiger partial charge on any atom is 0.251 e. The molecule has 2 unspecified atom stereocenters. The van der Waals surface area contributed by atoms with Crippen LogP contribution in [0.1, 0.15) is 35.2 Å². The van der Waals surface area contributed by atoms with E-state index in [1.54, 1.807) is 18.2 Å². The first-order valence-electron chi connectivity index (χ1n) is 5.79. The smallest absolute Gasteiger partial charge is 0.251 e. The largest absolute Gasteiger partial charge is 0.348 e. The molecular formula is C13H15Cl2NO. The van der Waals surface area contributed by atoms with E-state index in [1.807, 2.05) is 6.92 Å². The van der Waals surface area contributed by atoms with Gasteiger partial charge in [-0.1, -0.05) is 17.7 Å². The van der Waals surface area contributed by atoms with Gasteiger partial charge >= 0.3 is 0 Å². The highest BCUT2D eigenvalue weighted by atomic mass is 35.5. The molecular weight excluding hydrogens is 257 g/mol. The lowest BCUT2D eigenvalue weighted by atomic mass is 10.1. The number of amides is 1. The molecule has 2 nitrogen and oxygen atoms in total. The fourth-order valence-corrected chi connectivity index (χ4v) is 2.69. The third-order valence-electron chi connectivity index (χ3n) is 3.26. The number of nitrogens with one attached hydrogen (secondary N) is 1. The van der Waals surface area contributed by atoms with Crippen molar-refractivity contribution in [3.05, 3.63) is 34.3 Å². The third-order valence-corrected chi connectivity index (χ3v) is 4.19. The van der Waals surface area contributed by atoms with Crippen molar-refractivity contribution in [2.75, 3.05) is 0 Å². The van der Waals surface area contributed by atoms with E-state index in [9.17, 15) is 4.79 Å². The van der Waals surface area contributed by atoms with Crippen molar-refractivity contribution in [3.63, 3.8) is 0 Å². The average molecular weight is 272 g/mol. The highest BCUT2D eigenvalue weighted by molar-refractivity contribution is 6.31. The van der Waals surface area contributed by atoms with E-state index in [0.717, 1.165) is 24.8 Å². The first kappa shape index (κ1) is 12.7. The molecule has 1 amide bonds. The molecule has 1 aromatic carbocycles. The maximum absolute atomic E-state index is 12.1. The van der Waals surface area contributed by atoms with E-state index in [4.69, 9.17) is 23.2 Å². The summed E-state index contributed by atoms with van der Waals surface area (Å²) in [4.78, 5) is 12.1. The van der Waals surface area contributed by atoms with E-state index < -0.39 is 0 Å². The topological polar surface area (TPSA) is 29.1 Å². The van der Waals surface area contributed by atoms with Gasteiger partial charge in [0.25, 0.3) is 5.91 Å². The lowest BCUT2D eigenvalue weighted by Gasteiger charge is -2.16. The fourth-order valence-electron chi connectivity index (χ4n) is 2.18. The molecule has 0 heterocycles. The number of carbonyl (C=O) groups is 1. The molecule has 0 radical (unpaired) electrons. The Balaban J connectivity index is 2.12. The van der Waals surface area contributed by atoms with Crippen LogP contribution in [-0.2, 0) is 0 Å². The number of hydrogen-bond donors (Lipinski definition) is 1. The summed E-state index contributed by atoms with van der Waals surface area (Å²) in [5.41, 5.74) is 1.45. The molecule has 0 aromatic heterocycles. The first-order valence-corrected chi connectivity index (χ1v) is 6.61. The molecule has 1 N–H and O–H groups in total. The Morgan fingerprint density at radius 3 is 2.82 bits per heavy atom. The van der Waals surface area contributed by atoms with Crippen LogP contribution < -0.4 is 5.32 Å². The molecule has 0 aliphatic heterocycles. The van der Waals surface area contributed by atoms with Crippen LogP contribution in [0.3, 0.4) is 0 Å². The number of rotatable bonds is 2. The highest BCUT2D eigenvalue weighted by Gasteiger charge is 2.27. The van der Waals surface area contributed by atoms with Crippen LogP contribution in [0.25, 0.3) is 0 Å². The summed E-state index contributed by atoms with van der Waals surface area (Å²) in [6, 6.07) is 5.45. The molecule has 0 spiro atoms. The van der Waals surface area contributed by atoms with E-state index in [2.05, 4.69) is 5.32 Å². The zero-order valence-electron chi connectivity index (χ0n) is 9.67. The van der Waals surface area contributed by atoms with Crippen LogP contribution in [0.15, 0.2) is 18.2 Å². The third kappa shape index (κ3) is 2.75. The fraction of sp³-hybridized carbons (Fsp3) is 0.462. The molecule has 1 fully saturated rings. The zero-order chi connectivity index (χ0) is 12.4. The molecule has 4 heteroatoms. The summed E-state index contributed by atoms with van der Waals surface area (Å²) in [5.74, 6) is -0.0810. The predicted molar refractivity (Wildman–Crippen MR) is 70.9 cm³/mol. The van der Waals surface area contributed by atoms with Gasteiger partial charge in [0.2, 0.25) is 0 Å². The molecule has 2 rings (SSSR count). The minimum Gasteiger partial charge on any atom is -0.348 e. The summed E-state index contributed by atoms with van der Waals surface area (Å²) >= 11 is 12.1. The summed E-state index contributed by atoms with van der Waals surface area (Å²) in [7, 11) is 0. The monoisotopic (exact) mass is 271 g/mol. The summed E-state index contributed by atoms with van der Waals surface area (Å²) in [6.45, 7) is 1.85. The van der Waals surface area contributed by atoms with E-state index >= 15 is 0 Å². The van der Waals surface area contributed by atoms with Crippen molar-refractivity contribution in [1.82, 2.24) is 5.32 Å². The van der Waals surface area contributed by atoms with Gasteiger partial charge in [0.15, 0.2) is 0 Å². The van der Waals surface area contributed by atoms with Gasteiger partial charge in [-0.15, -0.1) is 11.6 Å². The number of halogens is 2. The first-order chi connectivity index (χ1) is 8.09. The second-order valence-corrected chi connectivity index (χ2v) is 5.41. The van der Waals surface area contributed by atoms with Gasteiger partial charge in [0.05, 0.1) is 5.38 Å². The number of carbonyl (C=O) groups excluding carboxylic acids is 1. The average Bonchev–Trinajstić information content (AvgIpc) is 2.68. The number of benzene rings is 1. The molecule has 1 aliphatic rings. The van der Waals surface area contributed by atoms with E-state index in [1.165, 1.54) is 0 Å². The summed E-state index contributed by atoms with van der Waals surface area (Å²) in [6.07, 6.45) is 3.01. The normalized spacial score (nSPS) is 23.7. The van der Waals surface area contributed by atoms with Gasteiger partial charge in [-0.2, -0.15) is 0 Å². The Labute approximate surface area is 111 Å². The Kier molecular flexibility index (Phi) is 3.95. The Morgan fingerprint density at radius 1 is 1.41 bits per heavy atom. The molecule has 0 bridgehead atoms. The minimum atomic E-state index is -0.0810. The van der Waals surface area contributed by atoms with Gasteiger partial charge in [0.1, 0.15) is 0 Å². The van der Waals surface area contributed by atoms with E-state index in [-0.39, 0.29) is 17.3 Å². The lowest BCUT2D eigenvalue weighted by molar-refractivity contribution is 0.0937. The molecule has 17 heavy (non-hydrogen) atoms. The minimum absolute atomic E-state index is 0.0541. The molecule has 1 saturated carbocycles. The maximum atomic E-state index is 12.1. The van der Waals surface area contributed by atoms with Crippen molar-refractivity contribution < 1.29 is 4.79 Å². The summed E-state index contributed by atoms with van der Waals surface area (Å²) in [5, 5.41) is 3.65. The molecule has 1 aliphatic carbocycles. The van der Waals surface area contributed by atoms with Gasteiger partial charge < -0.3 is 5.32 Å². The van der Waals surface area contributed by atoms with Gasteiger partial charge in [-0.3, -0.25) is 4.79 Å². The van der Waals surface area contributed by atoms with Crippen molar-refractivity contribution in [2.45, 2.75) is 37.6 Å². The van der Waals surface area contributed by atoms with Crippen molar-refractivity contribution in [1.29, 1.82) is 0 Å². The SMILES string of the molecule is Cc1c(Cl)cccc1C(=O)NC1CCCC1Cl. The quantitative estimate of drug-likeness (QED) is 0.820. The standard InChI is InChI=1S/C13H15Cl2NO/c1-8-9(4-2-5-10(8)14)13(17)16-12-7-3-6-11(12)15/h2,4-5,11-12H,3,6-7H2,1H3,(H,16,17).